The van der Waals surface area contributed by atoms with Gasteiger partial charge in [0.15, 0.2) is 0 Å². The van der Waals surface area contributed by atoms with Gasteiger partial charge in [0, 0.05) is 72.1 Å². The van der Waals surface area contributed by atoms with Gasteiger partial charge in [-0.25, -0.2) is 0 Å². The fraction of sp³-hybridized carbons (Fsp3) is 0.750. The molecule has 0 spiro atoms. The lowest BCUT2D eigenvalue weighted by Crippen LogP contribution is -2.34. The average molecular weight is 658 g/mol. The Bertz CT molecular complexity index is 755. The molecule has 246 valence electrons. The highest BCUT2D eigenvalue weighted by atomic mass is 32.2. The Balaban J connectivity index is -0.000000543. The second-order valence-electron chi connectivity index (χ2n) is 9.09. The summed E-state index contributed by atoms with van der Waals surface area (Å²) in [7, 11) is 0. The number of rotatable bonds is 22. The summed E-state index contributed by atoms with van der Waals surface area (Å²) in [5.74, 6) is 1.23. The molecule has 42 heavy (non-hydrogen) atoms. The summed E-state index contributed by atoms with van der Waals surface area (Å²) >= 11 is 4.48. The summed E-state index contributed by atoms with van der Waals surface area (Å²) in [6.07, 6.45) is 2.59. The lowest BCUT2D eigenvalue weighted by molar-refractivity contribution is -0.138. The van der Waals surface area contributed by atoms with Gasteiger partial charge in [-0.15, -0.1) is 0 Å². The van der Waals surface area contributed by atoms with Crippen molar-refractivity contribution in [3.05, 3.63) is 0 Å². The van der Waals surface area contributed by atoms with E-state index in [-0.39, 0.29) is 18.1 Å². The SMILES string of the molecule is CC(CSC[C@@H](N)C(=O)O)NCC=N.CC(N)=N[C@@H](C)CSC[C@@H](N)C(=O)O.C[C@H](CSC[C@@H](N)C(=O)O)NCC=N. The van der Waals surface area contributed by atoms with E-state index in [9.17, 15) is 14.4 Å². The van der Waals surface area contributed by atoms with Crippen molar-refractivity contribution in [1.29, 1.82) is 10.8 Å². The molecule has 0 heterocycles. The number of carboxylic acid groups (broad SMARTS) is 3. The summed E-state index contributed by atoms with van der Waals surface area (Å²) in [5, 5.41) is 45.3. The van der Waals surface area contributed by atoms with Gasteiger partial charge in [0.05, 0.1) is 11.9 Å². The number of amidine groups is 1. The summed E-state index contributed by atoms with van der Waals surface area (Å²) in [6, 6.07) is -1.73. The third-order valence-corrected chi connectivity index (χ3v) is 8.47. The Morgan fingerprint density at radius 1 is 0.714 bits per heavy atom. The van der Waals surface area contributed by atoms with Crippen LogP contribution >= 0.6 is 35.3 Å². The van der Waals surface area contributed by atoms with Crippen LogP contribution in [0, 0.1) is 10.8 Å². The molecule has 0 aliphatic rings. The number of aliphatic carboxylic acids is 3. The first kappa shape index (κ1) is 44.5. The first-order valence-electron chi connectivity index (χ1n) is 13.0. The zero-order valence-corrected chi connectivity index (χ0v) is 27.3. The number of nitrogens with one attached hydrogen (secondary N) is 4. The van der Waals surface area contributed by atoms with Gasteiger partial charge >= 0.3 is 17.9 Å². The smallest absolute Gasteiger partial charge is 0.321 e. The van der Waals surface area contributed by atoms with Crippen molar-refractivity contribution in [2.75, 3.05) is 47.6 Å². The Morgan fingerprint density at radius 3 is 1.29 bits per heavy atom. The van der Waals surface area contributed by atoms with Crippen LogP contribution in [0.3, 0.4) is 0 Å². The molecule has 0 aliphatic carbocycles. The molecule has 15 N–H and O–H groups in total. The normalized spacial score (nSPS) is 15.3. The number of thioether (sulfide) groups is 3. The van der Waals surface area contributed by atoms with E-state index < -0.39 is 36.0 Å². The van der Waals surface area contributed by atoms with E-state index in [0.717, 1.165) is 17.3 Å². The number of hydrogen-bond donors (Lipinski definition) is 11. The molecule has 0 fully saturated rings. The second kappa shape index (κ2) is 29.2. The summed E-state index contributed by atoms with van der Waals surface area (Å²) < 4.78 is 0. The van der Waals surface area contributed by atoms with E-state index >= 15 is 0 Å². The predicted molar refractivity (Wildman–Crippen MR) is 178 cm³/mol. The van der Waals surface area contributed by atoms with Crippen LogP contribution in [-0.4, -0.2) is 135 Å². The summed E-state index contributed by atoms with van der Waals surface area (Å²) in [4.78, 5) is 35.2. The molecule has 18 heteroatoms. The van der Waals surface area contributed by atoms with Crippen molar-refractivity contribution >= 4 is 71.5 Å². The minimum Gasteiger partial charge on any atom is -0.480 e. The molecule has 0 saturated carbocycles. The van der Waals surface area contributed by atoms with Crippen molar-refractivity contribution in [3.8, 4) is 0 Å². The highest BCUT2D eigenvalue weighted by Gasteiger charge is 2.13. The van der Waals surface area contributed by atoms with Gasteiger partial charge in [-0.3, -0.25) is 19.4 Å². The molecule has 0 bridgehead atoms. The predicted octanol–water partition coefficient (Wildman–Crippen LogP) is -0.585. The third-order valence-electron chi connectivity index (χ3n) is 4.50. The Labute approximate surface area is 261 Å². The highest BCUT2D eigenvalue weighted by molar-refractivity contribution is 7.99. The molecule has 0 rings (SSSR count). The highest BCUT2D eigenvalue weighted by Crippen LogP contribution is 2.07. The van der Waals surface area contributed by atoms with E-state index in [1.54, 1.807) is 6.92 Å². The topological polar surface area (TPSA) is 300 Å². The number of nitrogens with two attached hydrogens (primary N) is 4. The maximum absolute atomic E-state index is 10.4. The van der Waals surface area contributed by atoms with Crippen LogP contribution in [0.4, 0.5) is 0 Å². The van der Waals surface area contributed by atoms with Crippen LogP contribution < -0.4 is 33.6 Å². The Hall–Kier alpha value is -1.93. The lowest BCUT2D eigenvalue weighted by Gasteiger charge is -2.12. The van der Waals surface area contributed by atoms with E-state index in [1.165, 1.54) is 47.7 Å². The molecule has 0 aromatic carbocycles. The maximum Gasteiger partial charge on any atom is 0.321 e. The fourth-order valence-electron chi connectivity index (χ4n) is 2.35. The van der Waals surface area contributed by atoms with Gasteiger partial charge in [-0.05, 0) is 27.7 Å². The summed E-state index contributed by atoms with van der Waals surface area (Å²) in [5.41, 5.74) is 21.4. The van der Waals surface area contributed by atoms with E-state index in [0.29, 0.717) is 36.2 Å². The molecule has 0 aliphatic heterocycles. The lowest BCUT2D eigenvalue weighted by atomic mass is 10.4. The van der Waals surface area contributed by atoms with Crippen LogP contribution in [0.1, 0.15) is 27.7 Å². The Morgan fingerprint density at radius 2 is 1.02 bits per heavy atom. The molecule has 0 amide bonds. The van der Waals surface area contributed by atoms with Gasteiger partial charge in [0.2, 0.25) is 0 Å². The molecule has 0 radical (unpaired) electrons. The minimum atomic E-state index is -0.969. The van der Waals surface area contributed by atoms with Gasteiger partial charge in [-0.2, -0.15) is 35.3 Å². The number of carboxylic acids is 3. The van der Waals surface area contributed by atoms with Gasteiger partial charge in [-0.1, -0.05) is 0 Å². The van der Waals surface area contributed by atoms with Crippen LogP contribution in [0.25, 0.3) is 0 Å². The number of hydrogen-bond acceptors (Lipinski definition) is 14. The van der Waals surface area contributed by atoms with Crippen LogP contribution in [0.2, 0.25) is 0 Å². The number of nitrogens with zero attached hydrogens (tertiary/aromatic N) is 1. The molecule has 0 aromatic rings. The average Bonchev–Trinajstić information content (AvgIpc) is 2.90. The van der Waals surface area contributed by atoms with Gasteiger partial charge in [0.1, 0.15) is 18.1 Å². The molecule has 0 saturated heterocycles. The number of aliphatic imine (C=N–C) groups is 1. The van der Waals surface area contributed by atoms with Crippen molar-refractivity contribution < 1.29 is 29.7 Å². The number of carbonyl (C=O) groups is 3. The largest absolute Gasteiger partial charge is 0.480 e. The van der Waals surface area contributed by atoms with Crippen LogP contribution in [-0.2, 0) is 14.4 Å². The van der Waals surface area contributed by atoms with Crippen LogP contribution in [0.15, 0.2) is 4.99 Å². The third kappa shape index (κ3) is 32.6. The second-order valence-corrected chi connectivity index (χ2v) is 12.3. The molecular formula is C24H51N9O6S3. The maximum atomic E-state index is 10.4. The van der Waals surface area contributed by atoms with Gasteiger partial charge in [0.25, 0.3) is 0 Å². The standard InChI is InChI=1S/3C8H17N3O2S/c1-5(11-6(2)9)3-14-4-7(10)8(12)13;2*1-6(11-3-2-9)4-14-5-7(10)8(12)13/h5,7H,3-4,10H2,1-2H3,(H2,9,11)(H,12,13);2*2,6-7,9,11H,3-5,10H2,1H3,(H,12,13)/t5-,7+;6?,7-;6-,7-/m011/s1. The summed E-state index contributed by atoms with van der Waals surface area (Å²) in [6.45, 7) is 8.73. The van der Waals surface area contributed by atoms with Crippen molar-refractivity contribution in [2.45, 2.75) is 63.9 Å². The van der Waals surface area contributed by atoms with E-state index in [2.05, 4.69) is 15.6 Å². The molecular weight excluding hydrogens is 607 g/mol. The Kier molecular flexibility index (Phi) is 30.9. The van der Waals surface area contributed by atoms with E-state index in [1.807, 2.05) is 20.8 Å². The quantitative estimate of drug-likeness (QED) is 0.0512. The zero-order chi connectivity index (χ0) is 33.1. The van der Waals surface area contributed by atoms with Gasteiger partial charge < -0.3 is 59.7 Å². The monoisotopic (exact) mass is 657 g/mol. The molecule has 15 nitrogen and oxygen atoms in total. The zero-order valence-electron chi connectivity index (χ0n) is 24.8. The first-order valence-corrected chi connectivity index (χ1v) is 16.5. The van der Waals surface area contributed by atoms with Crippen LogP contribution in [0.5, 0.6) is 0 Å². The fourth-order valence-corrected chi connectivity index (χ4v) is 5.30. The van der Waals surface area contributed by atoms with Crippen molar-refractivity contribution in [2.24, 2.45) is 27.9 Å². The molecule has 6 atom stereocenters. The van der Waals surface area contributed by atoms with Crippen molar-refractivity contribution in [1.82, 2.24) is 10.6 Å². The first-order chi connectivity index (χ1) is 19.6. The molecule has 0 aromatic heterocycles. The van der Waals surface area contributed by atoms with E-state index in [4.69, 9.17) is 49.1 Å². The van der Waals surface area contributed by atoms with Crippen molar-refractivity contribution in [3.63, 3.8) is 0 Å². The minimum absolute atomic E-state index is 0.103. The molecule has 1 unspecified atom stereocenters.